The van der Waals surface area contributed by atoms with E-state index in [1.54, 1.807) is 6.07 Å². The van der Waals surface area contributed by atoms with Crippen molar-refractivity contribution in [2.24, 2.45) is 0 Å². The number of hydrogen-bond donors (Lipinski definition) is 0. The van der Waals surface area contributed by atoms with E-state index in [0.29, 0.717) is 17.9 Å². The third kappa shape index (κ3) is 3.58. The van der Waals surface area contributed by atoms with Crippen molar-refractivity contribution < 1.29 is 4.39 Å². The Morgan fingerprint density at radius 3 is 2.63 bits per heavy atom. The molecule has 0 aliphatic carbocycles. The molecule has 0 N–H and O–H groups in total. The monoisotopic (exact) mass is 340 g/mol. The highest BCUT2D eigenvalue weighted by atomic mass is 79.9. The normalized spacial score (nSPS) is 12.4. The highest BCUT2D eigenvalue weighted by molar-refractivity contribution is 9.10. The predicted molar refractivity (Wildman–Crippen MR) is 82.4 cm³/mol. The summed E-state index contributed by atoms with van der Waals surface area (Å²) >= 11 is 9.46. The summed E-state index contributed by atoms with van der Waals surface area (Å²) in [5, 5.41) is 0. The van der Waals surface area contributed by atoms with Gasteiger partial charge in [0.1, 0.15) is 5.82 Å². The Bertz CT molecular complexity index is 568. The molecule has 0 saturated heterocycles. The molecule has 1 atom stereocenters. The van der Waals surface area contributed by atoms with Gasteiger partial charge < -0.3 is 0 Å². The summed E-state index contributed by atoms with van der Waals surface area (Å²) in [7, 11) is 0. The Labute approximate surface area is 126 Å². The smallest absolute Gasteiger partial charge is 0.126 e. The maximum absolute atomic E-state index is 13.8. The second-order valence-corrected chi connectivity index (χ2v) is 5.87. The number of alkyl halides is 1. The maximum atomic E-state index is 13.8. The molecule has 0 heterocycles. The van der Waals surface area contributed by atoms with Gasteiger partial charge in [-0.3, -0.25) is 0 Å². The van der Waals surface area contributed by atoms with Gasteiger partial charge in [0, 0.05) is 16.3 Å². The second-order valence-electron chi connectivity index (χ2n) is 4.65. The average molecular weight is 342 g/mol. The van der Waals surface area contributed by atoms with Gasteiger partial charge >= 0.3 is 0 Å². The fourth-order valence-corrected chi connectivity index (χ4v) is 2.94. The zero-order chi connectivity index (χ0) is 13.8. The van der Waals surface area contributed by atoms with E-state index in [1.807, 2.05) is 18.2 Å². The predicted octanol–water partition coefficient (Wildman–Crippen LogP) is 5.46. The van der Waals surface area contributed by atoms with E-state index >= 15 is 0 Å². The Morgan fingerprint density at radius 1 is 1.21 bits per heavy atom. The van der Waals surface area contributed by atoms with Crippen molar-refractivity contribution in [3.63, 3.8) is 0 Å². The van der Waals surface area contributed by atoms with Gasteiger partial charge in [-0.1, -0.05) is 40.2 Å². The Morgan fingerprint density at radius 2 is 1.95 bits per heavy atom. The minimum atomic E-state index is -0.174. The standard InChI is InChI=1S/C16H15BrClF/c1-11-4-2-3-5-15(11)13(10-18)8-12-9-14(17)6-7-16(12)19/h2-7,9,13H,8,10H2,1H3. The molecule has 2 rings (SSSR count). The maximum Gasteiger partial charge on any atom is 0.126 e. The minimum absolute atomic E-state index is 0.131. The number of hydrogen-bond acceptors (Lipinski definition) is 0. The van der Waals surface area contributed by atoms with Crippen LogP contribution in [-0.2, 0) is 6.42 Å². The topological polar surface area (TPSA) is 0 Å². The van der Waals surface area contributed by atoms with Gasteiger partial charge in [-0.05, 0) is 48.2 Å². The largest absolute Gasteiger partial charge is 0.207 e. The molecule has 1 unspecified atom stereocenters. The van der Waals surface area contributed by atoms with Crippen molar-refractivity contribution in [1.29, 1.82) is 0 Å². The molecule has 0 radical (unpaired) electrons. The van der Waals surface area contributed by atoms with Crippen molar-refractivity contribution in [3.05, 3.63) is 69.4 Å². The molecule has 0 spiro atoms. The van der Waals surface area contributed by atoms with Crippen molar-refractivity contribution >= 4 is 27.5 Å². The second kappa shape index (κ2) is 6.53. The van der Waals surface area contributed by atoms with Gasteiger partial charge in [0.25, 0.3) is 0 Å². The molecular formula is C16H15BrClF. The summed E-state index contributed by atoms with van der Waals surface area (Å²) in [4.78, 5) is 0. The molecule has 0 saturated carbocycles. The van der Waals surface area contributed by atoms with Crippen LogP contribution in [0.25, 0.3) is 0 Å². The van der Waals surface area contributed by atoms with Crippen molar-refractivity contribution in [2.75, 3.05) is 5.88 Å². The molecule has 0 fully saturated rings. The third-order valence-electron chi connectivity index (χ3n) is 3.29. The van der Waals surface area contributed by atoms with Gasteiger partial charge in [-0.2, -0.15) is 0 Å². The molecule has 3 heteroatoms. The van der Waals surface area contributed by atoms with Crippen LogP contribution in [0.2, 0.25) is 0 Å². The molecule has 0 aromatic heterocycles. The fourth-order valence-electron chi connectivity index (χ4n) is 2.26. The molecule has 0 aliphatic heterocycles. The molecule has 2 aromatic carbocycles. The number of aryl methyl sites for hydroxylation is 1. The van der Waals surface area contributed by atoms with Crippen LogP contribution in [0.15, 0.2) is 46.9 Å². The molecule has 2 aromatic rings. The first-order chi connectivity index (χ1) is 9.11. The molecular weight excluding hydrogens is 327 g/mol. The van der Waals surface area contributed by atoms with Crippen LogP contribution in [0.3, 0.4) is 0 Å². The van der Waals surface area contributed by atoms with E-state index in [2.05, 4.69) is 35.0 Å². The van der Waals surface area contributed by atoms with E-state index in [-0.39, 0.29) is 11.7 Å². The number of benzene rings is 2. The summed E-state index contributed by atoms with van der Waals surface area (Å²) in [6.45, 7) is 2.06. The van der Waals surface area contributed by atoms with Crippen LogP contribution in [-0.4, -0.2) is 5.88 Å². The van der Waals surface area contributed by atoms with Crippen molar-refractivity contribution in [1.82, 2.24) is 0 Å². The van der Waals surface area contributed by atoms with Gasteiger partial charge in [0.2, 0.25) is 0 Å². The number of rotatable bonds is 4. The zero-order valence-electron chi connectivity index (χ0n) is 10.7. The Balaban J connectivity index is 2.29. The quantitative estimate of drug-likeness (QED) is 0.648. The molecule has 0 aliphatic rings. The summed E-state index contributed by atoms with van der Waals surface area (Å²) in [5.41, 5.74) is 3.09. The minimum Gasteiger partial charge on any atom is -0.207 e. The van der Waals surface area contributed by atoms with Crippen LogP contribution in [0, 0.1) is 12.7 Å². The van der Waals surface area contributed by atoms with Crippen LogP contribution in [0.4, 0.5) is 4.39 Å². The van der Waals surface area contributed by atoms with Crippen LogP contribution in [0.1, 0.15) is 22.6 Å². The van der Waals surface area contributed by atoms with Gasteiger partial charge in [0.05, 0.1) is 0 Å². The van der Waals surface area contributed by atoms with Gasteiger partial charge in [-0.15, -0.1) is 11.6 Å². The van der Waals surface area contributed by atoms with Gasteiger partial charge in [-0.25, -0.2) is 4.39 Å². The lowest BCUT2D eigenvalue weighted by Crippen LogP contribution is -2.08. The van der Waals surface area contributed by atoms with E-state index in [0.717, 1.165) is 4.47 Å². The van der Waals surface area contributed by atoms with E-state index < -0.39 is 0 Å². The van der Waals surface area contributed by atoms with Crippen molar-refractivity contribution in [2.45, 2.75) is 19.3 Å². The van der Waals surface area contributed by atoms with Crippen LogP contribution in [0.5, 0.6) is 0 Å². The lowest BCUT2D eigenvalue weighted by atomic mass is 9.90. The Kier molecular flexibility index (Phi) is 5.00. The Hall–Kier alpha value is -0.860. The summed E-state index contributed by atoms with van der Waals surface area (Å²) in [5.74, 6) is 0.440. The lowest BCUT2D eigenvalue weighted by Gasteiger charge is -2.17. The molecule has 100 valence electrons. The third-order valence-corrected chi connectivity index (χ3v) is 4.15. The van der Waals surface area contributed by atoms with Crippen LogP contribution >= 0.6 is 27.5 Å². The summed E-state index contributed by atoms with van der Waals surface area (Å²) in [6, 6.07) is 13.2. The SMILES string of the molecule is Cc1ccccc1C(CCl)Cc1cc(Br)ccc1F. The van der Waals surface area contributed by atoms with Gasteiger partial charge in [0.15, 0.2) is 0 Å². The van der Waals surface area contributed by atoms with Crippen molar-refractivity contribution in [3.8, 4) is 0 Å². The fraction of sp³-hybridized carbons (Fsp3) is 0.250. The first kappa shape index (κ1) is 14.5. The van der Waals surface area contributed by atoms with E-state index in [9.17, 15) is 4.39 Å². The number of halogens is 3. The molecule has 19 heavy (non-hydrogen) atoms. The average Bonchev–Trinajstić information content (AvgIpc) is 2.41. The highest BCUT2D eigenvalue weighted by Gasteiger charge is 2.15. The first-order valence-electron chi connectivity index (χ1n) is 6.17. The van der Waals surface area contributed by atoms with Crippen LogP contribution < -0.4 is 0 Å². The summed E-state index contributed by atoms with van der Waals surface area (Å²) < 4.78 is 14.7. The lowest BCUT2D eigenvalue weighted by molar-refractivity contribution is 0.597. The highest BCUT2D eigenvalue weighted by Crippen LogP contribution is 2.27. The molecule has 0 bridgehead atoms. The molecule has 0 amide bonds. The molecule has 0 nitrogen and oxygen atoms in total. The van der Waals surface area contributed by atoms with E-state index in [4.69, 9.17) is 11.6 Å². The summed E-state index contributed by atoms with van der Waals surface area (Å²) in [6.07, 6.45) is 0.611. The first-order valence-corrected chi connectivity index (χ1v) is 7.50. The zero-order valence-corrected chi connectivity index (χ0v) is 13.0. The van der Waals surface area contributed by atoms with E-state index in [1.165, 1.54) is 17.2 Å².